The fourth-order valence-electron chi connectivity index (χ4n) is 1.94. The molecule has 1 rings (SSSR count). The van der Waals surface area contributed by atoms with Gasteiger partial charge < -0.3 is 14.2 Å². The molecule has 0 aromatic carbocycles. The summed E-state index contributed by atoms with van der Waals surface area (Å²) < 4.78 is 17.0. The maximum Gasteiger partial charge on any atom is 0.199 e. The molecule has 1 aliphatic rings. The van der Waals surface area contributed by atoms with Crippen molar-refractivity contribution in [3.63, 3.8) is 0 Å². The van der Waals surface area contributed by atoms with Crippen molar-refractivity contribution in [2.24, 2.45) is 0 Å². The molecule has 0 saturated carbocycles. The molecule has 1 fully saturated rings. The van der Waals surface area contributed by atoms with Gasteiger partial charge in [0.2, 0.25) is 0 Å². The smallest absolute Gasteiger partial charge is 0.199 e. The largest absolute Gasteiger partial charge is 0.470 e. The monoisotopic (exact) mass is 242 g/mol. The molecule has 1 atom stereocenters. The average molecular weight is 242 g/mol. The average Bonchev–Trinajstić information content (AvgIpc) is 2.27. The van der Waals surface area contributed by atoms with E-state index < -0.39 is 0 Å². The lowest BCUT2D eigenvalue weighted by molar-refractivity contribution is -0.145. The SMILES string of the molecule is C=C(CC(C)(C)OCCC)OC1CCCCO1. The Balaban J connectivity index is 2.27. The molecule has 0 N–H and O–H groups in total. The minimum absolute atomic E-state index is 0.0989. The Morgan fingerprint density at radius 1 is 1.41 bits per heavy atom. The van der Waals surface area contributed by atoms with Gasteiger partial charge in [-0.1, -0.05) is 13.5 Å². The molecule has 0 aromatic rings. The molecule has 1 aliphatic heterocycles. The zero-order valence-corrected chi connectivity index (χ0v) is 11.5. The second-order valence-electron chi connectivity index (χ2n) is 5.24. The van der Waals surface area contributed by atoms with E-state index in [4.69, 9.17) is 14.2 Å². The highest BCUT2D eigenvalue weighted by molar-refractivity contribution is 4.91. The van der Waals surface area contributed by atoms with Gasteiger partial charge in [0.15, 0.2) is 6.29 Å². The number of hydrogen-bond acceptors (Lipinski definition) is 3. The van der Waals surface area contributed by atoms with Crippen LogP contribution < -0.4 is 0 Å². The minimum atomic E-state index is -0.207. The Bertz CT molecular complexity index is 230. The van der Waals surface area contributed by atoms with Crippen LogP contribution in [-0.4, -0.2) is 25.1 Å². The van der Waals surface area contributed by atoms with Crippen molar-refractivity contribution in [2.45, 2.75) is 64.8 Å². The van der Waals surface area contributed by atoms with Crippen LogP contribution in [0.2, 0.25) is 0 Å². The Morgan fingerprint density at radius 3 is 2.76 bits per heavy atom. The van der Waals surface area contributed by atoms with Gasteiger partial charge in [0.1, 0.15) is 0 Å². The number of ether oxygens (including phenoxy) is 3. The van der Waals surface area contributed by atoms with Crippen molar-refractivity contribution in [1.29, 1.82) is 0 Å². The van der Waals surface area contributed by atoms with Crippen molar-refractivity contribution in [3.8, 4) is 0 Å². The number of rotatable bonds is 7. The summed E-state index contributed by atoms with van der Waals surface area (Å²) in [6.45, 7) is 11.8. The molecular weight excluding hydrogens is 216 g/mol. The quantitative estimate of drug-likeness (QED) is 0.638. The van der Waals surface area contributed by atoms with Crippen molar-refractivity contribution in [3.05, 3.63) is 12.3 Å². The van der Waals surface area contributed by atoms with E-state index in [-0.39, 0.29) is 11.9 Å². The van der Waals surface area contributed by atoms with Crippen LogP contribution in [-0.2, 0) is 14.2 Å². The van der Waals surface area contributed by atoms with Crippen molar-refractivity contribution in [2.75, 3.05) is 13.2 Å². The highest BCUT2D eigenvalue weighted by Crippen LogP contribution is 2.23. The summed E-state index contributed by atoms with van der Waals surface area (Å²) in [5.41, 5.74) is -0.207. The zero-order chi connectivity index (χ0) is 12.7. The highest BCUT2D eigenvalue weighted by Gasteiger charge is 2.22. The molecule has 0 amide bonds. The summed E-state index contributed by atoms with van der Waals surface area (Å²) in [6, 6.07) is 0. The van der Waals surface area contributed by atoms with Gasteiger partial charge >= 0.3 is 0 Å². The predicted molar refractivity (Wildman–Crippen MR) is 68.8 cm³/mol. The molecule has 3 nitrogen and oxygen atoms in total. The third-order valence-corrected chi connectivity index (χ3v) is 2.76. The molecule has 0 radical (unpaired) electrons. The third kappa shape index (κ3) is 6.08. The molecular formula is C14H26O3. The standard InChI is InChI=1S/C14H26O3/c1-5-9-16-14(3,4)11-12(2)17-13-8-6-7-10-15-13/h13H,2,5-11H2,1,3-4H3. The Morgan fingerprint density at radius 2 is 2.18 bits per heavy atom. The second-order valence-corrected chi connectivity index (χ2v) is 5.24. The van der Waals surface area contributed by atoms with E-state index in [9.17, 15) is 0 Å². The van der Waals surface area contributed by atoms with Gasteiger partial charge in [-0.05, 0) is 33.1 Å². The predicted octanol–water partition coefficient (Wildman–Crippen LogP) is 3.64. The lowest BCUT2D eigenvalue weighted by Crippen LogP contribution is -2.28. The van der Waals surface area contributed by atoms with E-state index in [1.807, 2.05) is 0 Å². The molecule has 0 bridgehead atoms. The first-order chi connectivity index (χ1) is 8.03. The minimum Gasteiger partial charge on any atom is -0.470 e. The van der Waals surface area contributed by atoms with Crippen molar-refractivity contribution < 1.29 is 14.2 Å². The van der Waals surface area contributed by atoms with Crippen LogP contribution >= 0.6 is 0 Å². The van der Waals surface area contributed by atoms with Gasteiger partial charge in [-0.15, -0.1) is 0 Å². The van der Waals surface area contributed by atoms with Crippen LogP contribution in [0.15, 0.2) is 12.3 Å². The molecule has 0 aromatic heterocycles. The van der Waals surface area contributed by atoms with Crippen LogP contribution in [0.25, 0.3) is 0 Å². The second kappa shape index (κ2) is 7.02. The first kappa shape index (κ1) is 14.5. The van der Waals surface area contributed by atoms with Crippen LogP contribution in [0.4, 0.5) is 0 Å². The van der Waals surface area contributed by atoms with E-state index in [0.29, 0.717) is 6.42 Å². The molecule has 1 heterocycles. The van der Waals surface area contributed by atoms with Crippen LogP contribution in [0.1, 0.15) is 52.9 Å². The first-order valence-electron chi connectivity index (χ1n) is 6.63. The highest BCUT2D eigenvalue weighted by atomic mass is 16.7. The summed E-state index contributed by atoms with van der Waals surface area (Å²) in [7, 11) is 0. The van der Waals surface area contributed by atoms with Gasteiger partial charge in [0.05, 0.1) is 18.0 Å². The molecule has 100 valence electrons. The Labute approximate surface area is 105 Å². The summed E-state index contributed by atoms with van der Waals surface area (Å²) in [5.74, 6) is 0.762. The lowest BCUT2D eigenvalue weighted by Gasteiger charge is -2.29. The van der Waals surface area contributed by atoms with Crippen LogP contribution in [0, 0.1) is 0 Å². The molecule has 3 heteroatoms. The van der Waals surface area contributed by atoms with E-state index in [0.717, 1.165) is 38.2 Å². The van der Waals surface area contributed by atoms with Gasteiger partial charge in [0, 0.05) is 19.4 Å². The Hall–Kier alpha value is -0.540. The molecule has 0 aliphatic carbocycles. The maximum atomic E-state index is 5.76. The maximum absolute atomic E-state index is 5.76. The normalized spacial score (nSPS) is 21.2. The van der Waals surface area contributed by atoms with Crippen LogP contribution in [0.3, 0.4) is 0 Å². The lowest BCUT2D eigenvalue weighted by atomic mass is 10.0. The molecule has 1 saturated heterocycles. The molecule has 17 heavy (non-hydrogen) atoms. The van der Waals surface area contributed by atoms with Crippen molar-refractivity contribution >= 4 is 0 Å². The summed E-state index contributed by atoms with van der Waals surface area (Å²) >= 11 is 0. The summed E-state index contributed by atoms with van der Waals surface area (Å²) in [4.78, 5) is 0. The van der Waals surface area contributed by atoms with Crippen LogP contribution in [0.5, 0.6) is 0 Å². The summed E-state index contributed by atoms with van der Waals surface area (Å²) in [5, 5.41) is 0. The van der Waals surface area contributed by atoms with E-state index in [2.05, 4.69) is 27.4 Å². The van der Waals surface area contributed by atoms with Gasteiger partial charge in [-0.2, -0.15) is 0 Å². The van der Waals surface area contributed by atoms with E-state index >= 15 is 0 Å². The van der Waals surface area contributed by atoms with E-state index in [1.165, 1.54) is 6.42 Å². The van der Waals surface area contributed by atoms with Gasteiger partial charge in [-0.25, -0.2) is 0 Å². The molecule has 1 unspecified atom stereocenters. The van der Waals surface area contributed by atoms with Gasteiger partial charge in [0.25, 0.3) is 0 Å². The van der Waals surface area contributed by atoms with E-state index in [1.54, 1.807) is 0 Å². The van der Waals surface area contributed by atoms with Crippen molar-refractivity contribution in [1.82, 2.24) is 0 Å². The first-order valence-corrected chi connectivity index (χ1v) is 6.63. The zero-order valence-electron chi connectivity index (χ0n) is 11.5. The fourth-order valence-corrected chi connectivity index (χ4v) is 1.94. The molecule has 0 spiro atoms. The topological polar surface area (TPSA) is 27.7 Å². The number of hydrogen-bond donors (Lipinski definition) is 0. The Kier molecular flexibility index (Phi) is 6.00. The third-order valence-electron chi connectivity index (χ3n) is 2.76. The van der Waals surface area contributed by atoms with Gasteiger partial charge in [-0.3, -0.25) is 0 Å². The summed E-state index contributed by atoms with van der Waals surface area (Å²) in [6.07, 6.45) is 4.92. The fraction of sp³-hybridized carbons (Fsp3) is 0.857.